The van der Waals surface area contributed by atoms with Gasteiger partial charge in [0.25, 0.3) is 0 Å². The minimum Gasteiger partial charge on any atom is -0.494 e. The van der Waals surface area contributed by atoms with Gasteiger partial charge in [-0.15, -0.1) is 0 Å². The Labute approximate surface area is 141 Å². The molecule has 126 valence electrons. The number of benzene rings is 1. The minimum atomic E-state index is -1.03. The number of hydrogen-bond acceptors (Lipinski definition) is 2. The van der Waals surface area contributed by atoms with E-state index in [-0.39, 0.29) is 11.3 Å². The van der Waals surface area contributed by atoms with Gasteiger partial charge in [0.2, 0.25) is 5.82 Å². The molecule has 0 atom stereocenters. The van der Waals surface area contributed by atoms with E-state index in [1.54, 1.807) is 12.3 Å². The maximum atomic E-state index is 13.8. The lowest BCUT2D eigenvalue weighted by molar-refractivity contribution is 0.371. The number of ether oxygens (including phenoxy) is 1. The normalized spacial score (nSPS) is 10.2. The summed E-state index contributed by atoms with van der Waals surface area (Å²) in [5.74, 6) is 3.21. The Morgan fingerprint density at radius 1 is 1.00 bits per heavy atom. The summed E-state index contributed by atoms with van der Waals surface area (Å²) in [5.41, 5.74) is 1.68. The molecule has 0 N–H and O–H groups in total. The molecule has 0 fully saturated rings. The number of halogens is 2. The second kappa shape index (κ2) is 9.02. The van der Waals surface area contributed by atoms with Crippen molar-refractivity contribution in [2.75, 3.05) is 7.11 Å². The summed E-state index contributed by atoms with van der Waals surface area (Å²) in [6.07, 6.45) is 7.63. The van der Waals surface area contributed by atoms with E-state index in [1.165, 1.54) is 44.1 Å². The van der Waals surface area contributed by atoms with Crippen molar-refractivity contribution < 1.29 is 13.5 Å². The lowest BCUT2D eigenvalue weighted by Gasteiger charge is -2.03. The molecule has 0 aliphatic heterocycles. The Kier molecular flexibility index (Phi) is 6.74. The number of unbranched alkanes of at least 4 members (excludes halogenated alkanes) is 3. The van der Waals surface area contributed by atoms with Gasteiger partial charge in [0.05, 0.1) is 12.7 Å². The van der Waals surface area contributed by atoms with Crippen LogP contribution in [0.5, 0.6) is 5.75 Å². The summed E-state index contributed by atoms with van der Waals surface area (Å²) in [7, 11) is 1.29. The first-order valence-electron chi connectivity index (χ1n) is 8.14. The largest absolute Gasteiger partial charge is 0.494 e. The van der Waals surface area contributed by atoms with Crippen LogP contribution in [0.1, 0.15) is 49.4 Å². The number of hydrogen-bond donors (Lipinski definition) is 0. The first-order valence-corrected chi connectivity index (χ1v) is 8.14. The summed E-state index contributed by atoms with van der Waals surface area (Å²) < 4.78 is 32.2. The molecule has 0 amide bonds. The third-order valence-electron chi connectivity index (χ3n) is 3.74. The number of aromatic nitrogens is 1. The number of rotatable bonds is 6. The van der Waals surface area contributed by atoms with Crippen molar-refractivity contribution in [3.05, 3.63) is 58.9 Å². The van der Waals surface area contributed by atoms with Crippen LogP contribution in [-0.4, -0.2) is 12.1 Å². The van der Waals surface area contributed by atoms with Gasteiger partial charge in [0.15, 0.2) is 11.6 Å². The highest BCUT2D eigenvalue weighted by Gasteiger charge is 2.12. The highest BCUT2D eigenvalue weighted by atomic mass is 19.2. The van der Waals surface area contributed by atoms with E-state index in [0.717, 1.165) is 12.8 Å². The average molecular weight is 329 g/mol. The van der Waals surface area contributed by atoms with E-state index in [2.05, 4.69) is 23.7 Å². The zero-order valence-corrected chi connectivity index (χ0v) is 14.0. The third-order valence-corrected chi connectivity index (χ3v) is 3.74. The van der Waals surface area contributed by atoms with Gasteiger partial charge in [-0.05, 0) is 42.5 Å². The Bertz CT molecular complexity index is 730. The molecular formula is C20H21F2NO. The number of pyridine rings is 1. The van der Waals surface area contributed by atoms with E-state index in [9.17, 15) is 8.78 Å². The maximum Gasteiger partial charge on any atom is 0.201 e. The molecular weight excluding hydrogens is 308 g/mol. The summed E-state index contributed by atoms with van der Waals surface area (Å²) in [4.78, 5) is 4.26. The lowest BCUT2D eigenvalue weighted by atomic mass is 10.1. The lowest BCUT2D eigenvalue weighted by Crippen LogP contribution is -1.95. The van der Waals surface area contributed by atoms with Gasteiger partial charge in [0, 0.05) is 6.20 Å². The molecule has 0 aliphatic carbocycles. The highest BCUT2D eigenvalue weighted by molar-refractivity contribution is 5.44. The molecule has 0 radical (unpaired) electrons. The van der Waals surface area contributed by atoms with Crippen molar-refractivity contribution in [3.63, 3.8) is 0 Å². The molecule has 24 heavy (non-hydrogen) atoms. The van der Waals surface area contributed by atoms with Gasteiger partial charge >= 0.3 is 0 Å². The Balaban J connectivity index is 2.05. The van der Waals surface area contributed by atoms with Crippen molar-refractivity contribution in [2.45, 2.75) is 39.0 Å². The Hall–Kier alpha value is -2.41. The molecule has 4 heteroatoms. The third kappa shape index (κ3) is 4.79. The zero-order valence-electron chi connectivity index (χ0n) is 14.0. The predicted octanol–water partition coefficient (Wildman–Crippen LogP) is 4.89. The van der Waals surface area contributed by atoms with Crippen molar-refractivity contribution in [2.24, 2.45) is 0 Å². The van der Waals surface area contributed by atoms with Gasteiger partial charge < -0.3 is 4.74 Å². The quantitative estimate of drug-likeness (QED) is 0.556. The van der Waals surface area contributed by atoms with E-state index < -0.39 is 11.6 Å². The molecule has 2 aromatic rings. The fourth-order valence-electron chi connectivity index (χ4n) is 2.32. The van der Waals surface area contributed by atoms with Crippen molar-refractivity contribution in [3.8, 4) is 17.6 Å². The number of aryl methyl sites for hydroxylation is 1. The first kappa shape index (κ1) is 17.9. The van der Waals surface area contributed by atoms with Crippen LogP contribution < -0.4 is 4.74 Å². The summed E-state index contributed by atoms with van der Waals surface area (Å²) in [6, 6.07) is 6.54. The van der Waals surface area contributed by atoms with Gasteiger partial charge in [-0.2, -0.15) is 4.39 Å². The molecule has 2 rings (SSSR count). The van der Waals surface area contributed by atoms with E-state index >= 15 is 0 Å². The van der Waals surface area contributed by atoms with Gasteiger partial charge in [-0.3, -0.25) is 0 Å². The number of nitrogens with zero attached hydrogens (tertiary/aromatic N) is 1. The van der Waals surface area contributed by atoms with Crippen LogP contribution in [-0.2, 0) is 6.42 Å². The second-order valence-corrected chi connectivity index (χ2v) is 5.56. The standard InChI is InChI=1S/C20H21F2NO/c1-3-4-5-6-7-15-8-11-17(23-14-15)12-9-16-10-13-18(24-2)20(22)19(16)21/h8,10-11,13-14H,3-7H2,1-2H3. The van der Waals surface area contributed by atoms with Gasteiger partial charge in [-0.1, -0.05) is 38.2 Å². The number of methoxy groups -OCH3 is 1. The van der Waals surface area contributed by atoms with Crippen molar-refractivity contribution in [1.82, 2.24) is 4.98 Å². The first-order chi connectivity index (χ1) is 11.7. The van der Waals surface area contributed by atoms with E-state index in [1.807, 2.05) is 6.07 Å². The zero-order chi connectivity index (χ0) is 17.4. The fraction of sp³-hybridized carbons (Fsp3) is 0.350. The van der Waals surface area contributed by atoms with Crippen LogP contribution in [0.25, 0.3) is 0 Å². The molecule has 0 saturated carbocycles. The maximum absolute atomic E-state index is 13.8. The monoisotopic (exact) mass is 329 g/mol. The van der Waals surface area contributed by atoms with E-state index in [4.69, 9.17) is 4.74 Å². The molecule has 0 bridgehead atoms. The van der Waals surface area contributed by atoms with Gasteiger partial charge in [-0.25, -0.2) is 9.37 Å². The average Bonchev–Trinajstić information content (AvgIpc) is 2.61. The van der Waals surface area contributed by atoms with Crippen LogP contribution in [0, 0.1) is 23.5 Å². The summed E-state index contributed by atoms with van der Waals surface area (Å²) >= 11 is 0. The minimum absolute atomic E-state index is 0.0151. The molecule has 1 heterocycles. The topological polar surface area (TPSA) is 22.1 Å². The molecule has 0 aliphatic rings. The van der Waals surface area contributed by atoms with Crippen molar-refractivity contribution >= 4 is 0 Å². The molecule has 0 saturated heterocycles. The molecule has 1 aromatic carbocycles. The SMILES string of the molecule is CCCCCCc1ccc(C#Cc2ccc(OC)c(F)c2F)nc1. The van der Waals surface area contributed by atoms with Crippen LogP contribution in [0.2, 0.25) is 0 Å². The molecule has 0 spiro atoms. The fourth-order valence-corrected chi connectivity index (χ4v) is 2.32. The highest BCUT2D eigenvalue weighted by Crippen LogP contribution is 2.21. The van der Waals surface area contributed by atoms with E-state index in [0.29, 0.717) is 5.69 Å². The molecule has 0 unspecified atom stereocenters. The van der Waals surface area contributed by atoms with Crippen LogP contribution >= 0.6 is 0 Å². The van der Waals surface area contributed by atoms with Crippen molar-refractivity contribution in [1.29, 1.82) is 0 Å². The predicted molar refractivity (Wildman–Crippen MR) is 91.0 cm³/mol. The van der Waals surface area contributed by atoms with Gasteiger partial charge in [0.1, 0.15) is 5.69 Å². The smallest absolute Gasteiger partial charge is 0.201 e. The van der Waals surface area contributed by atoms with Crippen LogP contribution in [0.4, 0.5) is 8.78 Å². The Morgan fingerprint density at radius 3 is 2.50 bits per heavy atom. The second-order valence-electron chi connectivity index (χ2n) is 5.56. The molecule has 1 aromatic heterocycles. The van der Waals surface area contributed by atoms with Crippen LogP contribution in [0.15, 0.2) is 30.5 Å². The van der Waals surface area contributed by atoms with Crippen LogP contribution in [0.3, 0.4) is 0 Å². The summed E-state index contributed by atoms with van der Waals surface area (Å²) in [5, 5.41) is 0. The Morgan fingerprint density at radius 2 is 1.83 bits per heavy atom. The molecule has 2 nitrogen and oxygen atoms in total. The summed E-state index contributed by atoms with van der Waals surface area (Å²) in [6.45, 7) is 2.19.